The van der Waals surface area contributed by atoms with E-state index < -0.39 is 45.9 Å². The Balaban J connectivity index is 1.52. The number of fused-ring (bicyclic) bond motifs is 2. The summed E-state index contributed by atoms with van der Waals surface area (Å²) in [4.78, 5) is 15.5. The van der Waals surface area contributed by atoms with Gasteiger partial charge in [-0.3, -0.25) is 4.90 Å². The van der Waals surface area contributed by atoms with Crippen LogP contribution in [0.5, 0.6) is 0 Å². The molecular weight excluding hydrogens is 461 g/mol. The Morgan fingerprint density at radius 1 is 1.15 bits per heavy atom. The predicted octanol–water partition coefficient (Wildman–Crippen LogP) is 3.04. The van der Waals surface area contributed by atoms with Gasteiger partial charge in [0, 0.05) is 12.1 Å². The summed E-state index contributed by atoms with van der Waals surface area (Å²) in [7, 11) is -3.65. The number of hydrogen-bond acceptors (Lipinski definition) is 5. The second-order valence-corrected chi connectivity index (χ2v) is 10.0. The lowest BCUT2D eigenvalue weighted by atomic mass is 10.00. The van der Waals surface area contributed by atoms with Gasteiger partial charge in [0.05, 0.1) is 35.3 Å². The number of alkyl halides is 1. The smallest absolute Gasteiger partial charge is 0.326 e. The number of urea groups is 1. The molecule has 3 aromatic rings. The van der Waals surface area contributed by atoms with E-state index in [0.717, 1.165) is 12.1 Å². The molecule has 2 aliphatic rings. The third kappa shape index (κ3) is 3.44. The predicted molar refractivity (Wildman–Crippen MR) is 114 cm³/mol. The van der Waals surface area contributed by atoms with Crippen molar-refractivity contribution < 1.29 is 30.9 Å². The molecule has 3 unspecified atom stereocenters. The van der Waals surface area contributed by atoms with Gasteiger partial charge in [-0.15, -0.1) is 0 Å². The quantitative estimate of drug-likeness (QED) is 0.606. The van der Waals surface area contributed by atoms with Crippen molar-refractivity contribution in [2.75, 3.05) is 23.7 Å². The fraction of sp³-hybridized carbons (Fsp3) is 0.333. The van der Waals surface area contributed by atoms with Gasteiger partial charge in [-0.25, -0.2) is 31.1 Å². The maximum Gasteiger partial charge on any atom is 0.326 e. The summed E-state index contributed by atoms with van der Waals surface area (Å²) < 4.78 is 75.4. The Morgan fingerprint density at radius 3 is 2.52 bits per heavy atom. The first kappa shape index (κ1) is 21.7. The van der Waals surface area contributed by atoms with Gasteiger partial charge in [-0.1, -0.05) is 23.4 Å². The van der Waals surface area contributed by atoms with E-state index in [9.17, 15) is 22.0 Å². The second kappa shape index (κ2) is 7.73. The number of anilines is 1. The minimum Gasteiger partial charge on any atom is -0.354 e. The molecule has 5 rings (SSSR count). The van der Waals surface area contributed by atoms with E-state index in [1.165, 1.54) is 28.9 Å². The van der Waals surface area contributed by atoms with Crippen LogP contribution in [0.15, 0.2) is 40.9 Å². The summed E-state index contributed by atoms with van der Waals surface area (Å²) in [5, 5.41) is 4.16. The lowest BCUT2D eigenvalue weighted by Crippen LogP contribution is -2.45. The maximum absolute atomic E-state index is 15.1. The molecule has 33 heavy (non-hydrogen) atoms. The van der Waals surface area contributed by atoms with Crippen LogP contribution < -0.4 is 9.62 Å². The molecule has 12 heteroatoms. The average molecular weight is 480 g/mol. The third-order valence-corrected chi connectivity index (χ3v) is 7.49. The molecule has 2 amide bonds. The number of hydrogen-bond donors (Lipinski definition) is 1. The van der Waals surface area contributed by atoms with E-state index in [0.29, 0.717) is 0 Å². The highest BCUT2D eigenvalue weighted by Gasteiger charge is 2.53. The molecule has 0 saturated carbocycles. The molecule has 0 aliphatic carbocycles. The lowest BCUT2D eigenvalue weighted by molar-refractivity contribution is 0.208. The molecule has 174 valence electrons. The number of benzene rings is 2. The van der Waals surface area contributed by atoms with Crippen LogP contribution in [-0.2, 0) is 10.0 Å². The summed E-state index contributed by atoms with van der Waals surface area (Å²) in [5.41, 5.74) is 0.0529. The van der Waals surface area contributed by atoms with Gasteiger partial charge < -0.3 is 9.42 Å². The largest absolute Gasteiger partial charge is 0.354 e. The van der Waals surface area contributed by atoms with Crippen LogP contribution in [0.2, 0.25) is 0 Å². The highest BCUT2D eigenvalue weighted by molar-refractivity contribution is 7.89. The maximum atomic E-state index is 15.1. The number of sulfonamides is 1. The average Bonchev–Trinajstić information content (AvgIpc) is 3.43. The molecule has 2 aliphatic heterocycles. The Labute approximate surface area is 187 Å². The van der Waals surface area contributed by atoms with Gasteiger partial charge in [0.25, 0.3) is 0 Å². The number of nitrogens with zero attached hydrogens (tertiary/aromatic N) is 3. The summed E-state index contributed by atoms with van der Waals surface area (Å²) in [6.45, 7) is 1.16. The zero-order valence-electron chi connectivity index (χ0n) is 17.3. The fourth-order valence-electron chi connectivity index (χ4n) is 4.44. The molecular formula is C21H19F3N4O4S. The highest BCUT2D eigenvalue weighted by atomic mass is 32.2. The van der Waals surface area contributed by atoms with Crippen molar-refractivity contribution in [3.8, 4) is 11.1 Å². The van der Waals surface area contributed by atoms with Crippen LogP contribution >= 0.6 is 0 Å². The van der Waals surface area contributed by atoms with E-state index >= 15 is 4.39 Å². The van der Waals surface area contributed by atoms with Crippen molar-refractivity contribution >= 4 is 32.8 Å². The minimum atomic E-state index is -3.65. The van der Waals surface area contributed by atoms with Crippen LogP contribution in [0.1, 0.15) is 6.92 Å². The number of carbonyl (C=O) groups is 1. The number of halogens is 3. The van der Waals surface area contributed by atoms with Gasteiger partial charge in [0.15, 0.2) is 11.4 Å². The number of carbonyl (C=O) groups excluding carboxylic acids is 1. The first-order chi connectivity index (χ1) is 15.7. The van der Waals surface area contributed by atoms with Gasteiger partial charge in [0.2, 0.25) is 10.0 Å². The fourth-order valence-corrected chi connectivity index (χ4v) is 5.28. The minimum absolute atomic E-state index is 0.0144. The number of nitrogens with one attached hydrogen (secondary N) is 1. The Bertz CT molecular complexity index is 1340. The van der Waals surface area contributed by atoms with Crippen LogP contribution in [0, 0.1) is 11.6 Å². The topological polar surface area (TPSA) is 95.8 Å². The third-order valence-electron chi connectivity index (χ3n) is 6.07. The summed E-state index contributed by atoms with van der Waals surface area (Å²) in [6, 6.07) is 5.49. The zero-order valence-corrected chi connectivity index (χ0v) is 18.2. The highest BCUT2D eigenvalue weighted by Crippen LogP contribution is 2.40. The molecule has 0 bridgehead atoms. The van der Waals surface area contributed by atoms with Crippen molar-refractivity contribution in [2.45, 2.75) is 25.2 Å². The summed E-state index contributed by atoms with van der Waals surface area (Å²) in [6.07, 6.45) is -1.64. The first-order valence-corrected chi connectivity index (χ1v) is 11.9. The Kier molecular flexibility index (Phi) is 5.09. The van der Waals surface area contributed by atoms with Crippen LogP contribution in [0.25, 0.3) is 22.1 Å². The van der Waals surface area contributed by atoms with Crippen LogP contribution in [-0.4, -0.2) is 61.6 Å². The molecule has 3 heterocycles. The van der Waals surface area contributed by atoms with E-state index in [-0.39, 0.29) is 46.8 Å². The normalized spacial score (nSPS) is 23.0. The lowest BCUT2D eigenvalue weighted by Gasteiger charge is -2.19. The van der Waals surface area contributed by atoms with Gasteiger partial charge in [-0.05, 0) is 25.1 Å². The number of amides is 2. The molecule has 1 N–H and O–H groups in total. The molecule has 0 spiro atoms. The molecule has 0 radical (unpaired) electrons. The van der Waals surface area contributed by atoms with Gasteiger partial charge in [0.1, 0.15) is 17.8 Å². The molecule has 2 fully saturated rings. The zero-order chi connectivity index (χ0) is 23.5. The van der Waals surface area contributed by atoms with Crippen molar-refractivity contribution in [1.29, 1.82) is 0 Å². The molecule has 8 nitrogen and oxygen atoms in total. The van der Waals surface area contributed by atoms with Crippen LogP contribution in [0.4, 0.5) is 23.8 Å². The SMILES string of the molecule is CCS(=O)(=O)NC1CN2C(=O)N(c3noc4cccc(-c5c(F)cccc5F)c34)CC2C1F. The van der Waals surface area contributed by atoms with E-state index in [2.05, 4.69) is 9.88 Å². The molecule has 2 aromatic carbocycles. The molecule has 2 saturated heterocycles. The van der Waals surface area contributed by atoms with Crippen molar-refractivity contribution in [1.82, 2.24) is 14.8 Å². The summed E-state index contributed by atoms with van der Waals surface area (Å²) in [5.74, 6) is -1.78. The van der Waals surface area contributed by atoms with Crippen molar-refractivity contribution in [3.05, 3.63) is 48.0 Å². The van der Waals surface area contributed by atoms with Gasteiger partial charge in [-0.2, -0.15) is 0 Å². The number of rotatable bonds is 5. The Morgan fingerprint density at radius 2 is 1.85 bits per heavy atom. The van der Waals surface area contributed by atoms with Crippen molar-refractivity contribution in [3.63, 3.8) is 0 Å². The van der Waals surface area contributed by atoms with E-state index in [1.54, 1.807) is 12.1 Å². The van der Waals surface area contributed by atoms with E-state index in [4.69, 9.17) is 4.52 Å². The second-order valence-electron chi connectivity index (χ2n) is 7.97. The van der Waals surface area contributed by atoms with E-state index in [1.807, 2.05) is 0 Å². The van der Waals surface area contributed by atoms with Crippen LogP contribution in [0.3, 0.4) is 0 Å². The first-order valence-electron chi connectivity index (χ1n) is 10.3. The standard InChI is InChI=1S/C21H19F3N4O4S/c1-2-33(30,31)26-14-9-27-15(19(14)24)10-28(21(27)29)20-18-11(5-3-8-16(18)32-25-20)17-12(22)6-4-7-13(17)23/h3-8,14-15,19,26H,2,9-10H2,1H3. The van der Waals surface area contributed by atoms with Crippen molar-refractivity contribution in [2.24, 2.45) is 0 Å². The Hall–Kier alpha value is -3.12. The molecule has 3 atom stereocenters. The summed E-state index contributed by atoms with van der Waals surface area (Å²) >= 11 is 0. The monoisotopic (exact) mass is 480 g/mol. The number of aromatic nitrogens is 1. The van der Waals surface area contributed by atoms with Gasteiger partial charge >= 0.3 is 6.03 Å². The molecule has 1 aromatic heterocycles.